The van der Waals surface area contributed by atoms with Gasteiger partial charge in [-0.2, -0.15) is 0 Å². The number of H-pyrrole nitrogens is 1. The summed E-state index contributed by atoms with van der Waals surface area (Å²) < 4.78 is 5.79. The molecule has 1 aliphatic heterocycles. The minimum atomic E-state index is -0.995. The summed E-state index contributed by atoms with van der Waals surface area (Å²) in [6.07, 6.45) is 3.14. The summed E-state index contributed by atoms with van der Waals surface area (Å²) in [5, 5.41) is 4.54. The lowest BCUT2D eigenvalue weighted by molar-refractivity contribution is -0.150. The topological polar surface area (TPSA) is 81.6 Å². The van der Waals surface area contributed by atoms with Crippen LogP contribution < -0.4 is 5.32 Å². The number of anilines is 1. The molecule has 1 saturated carbocycles. The van der Waals surface area contributed by atoms with Gasteiger partial charge in [-0.25, -0.2) is 0 Å². The molecule has 2 aliphatic rings. The van der Waals surface area contributed by atoms with E-state index in [0.29, 0.717) is 25.0 Å². The van der Waals surface area contributed by atoms with Crippen molar-refractivity contribution in [3.8, 4) is 0 Å². The molecule has 1 saturated heterocycles. The summed E-state index contributed by atoms with van der Waals surface area (Å²) in [5.74, 6) is 1.01. The fraction of sp³-hybridized carbons (Fsp3) is 0.459. The van der Waals surface area contributed by atoms with E-state index in [9.17, 15) is 9.59 Å². The number of benzene rings is 2. The Labute approximate surface area is 261 Å². The molecule has 2 fully saturated rings. The highest BCUT2D eigenvalue weighted by atomic mass is 16.3. The standard InChI is InChI=1S/C37H46N4O3/c1-23-19-24(2)34(25(3)20-23)39-35(43)37(14-16-40(7)17-15-37)41(22-27-11-10-18-44-27)31(42)21-29-33(36(29,5)6)32-26(4)38-30-13-9-8-12-28(30)32/h8-13,18-20,29,33,38H,14-17,21-22H2,1-7H3,(H,39,43)/t29-,33+/m1/s1. The van der Waals surface area contributed by atoms with Crippen molar-refractivity contribution >= 4 is 28.4 Å². The molecule has 7 heteroatoms. The summed E-state index contributed by atoms with van der Waals surface area (Å²) >= 11 is 0. The Morgan fingerprint density at radius 1 is 1.02 bits per heavy atom. The fourth-order valence-corrected chi connectivity index (χ4v) is 7.95. The van der Waals surface area contributed by atoms with Crippen molar-refractivity contribution in [1.29, 1.82) is 0 Å². The molecule has 0 radical (unpaired) electrons. The first-order chi connectivity index (χ1) is 20.9. The molecule has 2 aromatic carbocycles. The van der Waals surface area contributed by atoms with E-state index < -0.39 is 5.54 Å². The van der Waals surface area contributed by atoms with E-state index in [1.807, 2.05) is 30.9 Å². The van der Waals surface area contributed by atoms with Crippen LogP contribution in [0.5, 0.6) is 0 Å². The summed E-state index contributed by atoms with van der Waals surface area (Å²) in [6, 6.07) is 16.4. The number of likely N-dealkylation sites (tertiary alicyclic amines) is 1. The molecule has 2 atom stereocenters. The first-order valence-corrected chi connectivity index (χ1v) is 15.9. The number of aromatic amines is 1. The maximum Gasteiger partial charge on any atom is 0.250 e. The minimum Gasteiger partial charge on any atom is -0.467 e. The van der Waals surface area contributed by atoms with Gasteiger partial charge >= 0.3 is 0 Å². The third-order valence-corrected chi connectivity index (χ3v) is 10.6. The number of carbonyl (C=O) groups is 2. The maximum absolute atomic E-state index is 14.7. The van der Waals surface area contributed by atoms with E-state index >= 15 is 0 Å². The maximum atomic E-state index is 14.7. The second kappa shape index (κ2) is 11.3. The summed E-state index contributed by atoms with van der Waals surface area (Å²) in [4.78, 5) is 36.9. The number of hydrogen-bond acceptors (Lipinski definition) is 4. The Morgan fingerprint density at radius 3 is 2.36 bits per heavy atom. The van der Waals surface area contributed by atoms with Crippen LogP contribution in [0.15, 0.2) is 59.2 Å². The first kappa shape index (κ1) is 30.2. The Kier molecular flexibility index (Phi) is 7.73. The second-order valence-corrected chi connectivity index (χ2v) is 13.9. The average Bonchev–Trinajstić information content (AvgIpc) is 3.34. The van der Waals surface area contributed by atoms with Crippen molar-refractivity contribution < 1.29 is 14.0 Å². The molecule has 232 valence electrons. The summed E-state index contributed by atoms with van der Waals surface area (Å²) in [7, 11) is 2.08. The molecular formula is C37H46N4O3. The van der Waals surface area contributed by atoms with Crippen LogP contribution in [0.3, 0.4) is 0 Å². The number of hydrogen-bond donors (Lipinski definition) is 2. The van der Waals surface area contributed by atoms with Crippen LogP contribution >= 0.6 is 0 Å². The van der Waals surface area contributed by atoms with Gasteiger partial charge in [0, 0.05) is 41.8 Å². The lowest BCUT2D eigenvalue weighted by atomic mass is 9.83. The Bertz CT molecular complexity index is 1670. The van der Waals surface area contributed by atoms with Crippen molar-refractivity contribution in [2.45, 2.75) is 78.8 Å². The van der Waals surface area contributed by atoms with Crippen molar-refractivity contribution in [1.82, 2.24) is 14.8 Å². The highest BCUT2D eigenvalue weighted by Crippen LogP contribution is 2.67. The molecule has 3 heterocycles. The smallest absolute Gasteiger partial charge is 0.250 e. The molecule has 0 spiro atoms. The molecule has 2 aromatic heterocycles. The van der Waals surface area contributed by atoms with Gasteiger partial charge in [0.1, 0.15) is 11.3 Å². The Hall–Kier alpha value is -3.84. The van der Waals surface area contributed by atoms with Gasteiger partial charge in [0.15, 0.2) is 0 Å². The van der Waals surface area contributed by atoms with Gasteiger partial charge in [0.2, 0.25) is 11.8 Å². The molecule has 2 N–H and O–H groups in total. The van der Waals surface area contributed by atoms with Crippen molar-refractivity contribution in [3.05, 3.63) is 88.5 Å². The van der Waals surface area contributed by atoms with Gasteiger partial charge in [-0.1, -0.05) is 49.7 Å². The first-order valence-electron chi connectivity index (χ1n) is 15.9. The third-order valence-electron chi connectivity index (χ3n) is 10.6. The lowest BCUT2D eigenvalue weighted by Gasteiger charge is -2.47. The van der Waals surface area contributed by atoms with Gasteiger partial charge in [-0.05, 0) is 99.7 Å². The Balaban J connectivity index is 1.35. The number of amides is 2. The number of aryl methyl sites for hydroxylation is 4. The number of fused-ring (bicyclic) bond motifs is 1. The second-order valence-electron chi connectivity index (χ2n) is 13.9. The van der Waals surface area contributed by atoms with Crippen LogP contribution in [-0.2, 0) is 16.1 Å². The Morgan fingerprint density at radius 2 is 1.70 bits per heavy atom. The van der Waals surface area contributed by atoms with E-state index in [0.717, 1.165) is 41.0 Å². The van der Waals surface area contributed by atoms with Crippen molar-refractivity contribution in [2.75, 3.05) is 25.5 Å². The van der Waals surface area contributed by atoms with Gasteiger partial charge in [-0.3, -0.25) is 9.59 Å². The number of furan rings is 1. The van der Waals surface area contributed by atoms with Crippen LogP contribution in [0.4, 0.5) is 5.69 Å². The highest BCUT2D eigenvalue weighted by Gasteiger charge is 2.61. The largest absolute Gasteiger partial charge is 0.467 e. The molecule has 4 aromatic rings. The van der Waals surface area contributed by atoms with Gasteiger partial charge in [0.25, 0.3) is 0 Å². The molecule has 7 nitrogen and oxygen atoms in total. The summed E-state index contributed by atoms with van der Waals surface area (Å²) in [6.45, 7) is 14.5. The minimum absolute atomic E-state index is 0.0107. The van der Waals surface area contributed by atoms with Crippen LogP contribution in [0, 0.1) is 39.0 Å². The zero-order chi connectivity index (χ0) is 31.4. The fourth-order valence-electron chi connectivity index (χ4n) is 7.95. The van der Waals surface area contributed by atoms with Crippen molar-refractivity contribution in [3.63, 3.8) is 0 Å². The number of piperidine rings is 1. The number of nitrogens with one attached hydrogen (secondary N) is 2. The average molecular weight is 595 g/mol. The van der Waals surface area contributed by atoms with E-state index in [1.54, 1.807) is 6.26 Å². The van der Waals surface area contributed by atoms with Crippen molar-refractivity contribution in [2.24, 2.45) is 11.3 Å². The molecule has 1 aliphatic carbocycles. The zero-order valence-corrected chi connectivity index (χ0v) is 27.2. The normalized spacial score (nSPS) is 20.9. The molecule has 6 rings (SSSR count). The number of rotatable bonds is 8. The van der Waals surface area contributed by atoms with Gasteiger partial charge < -0.3 is 24.5 Å². The van der Waals surface area contributed by atoms with Crippen LogP contribution in [0.1, 0.15) is 72.7 Å². The number of para-hydroxylation sites is 1. The SMILES string of the molecule is Cc1cc(C)c(NC(=O)C2(N(Cc3ccco3)C(=O)C[C@@H]3[C@@H](c4c(C)[nH]c5ccccc45)C3(C)C)CCN(C)CC2)c(C)c1. The number of carbonyl (C=O) groups excluding carboxylic acids is 2. The molecule has 0 unspecified atom stereocenters. The van der Waals surface area contributed by atoms with Crippen LogP contribution in [-0.4, -0.2) is 52.3 Å². The lowest BCUT2D eigenvalue weighted by Crippen LogP contribution is -2.63. The van der Waals surface area contributed by atoms with Crippen LogP contribution in [0.25, 0.3) is 10.9 Å². The number of aromatic nitrogens is 1. The molecule has 2 amide bonds. The zero-order valence-electron chi connectivity index (χ0n) is 27.2. The van der Waals surface area contributed by atoms with E-state index in [2.05, 4.69) is 86.3 Å². The van der Waals surface area contributed by atoms with E-state index in [-0.39, 0.29) is 35.6 Å². The predicted octanol–water partition coefficient (Wildman–Crippen LogP) is 7.26. The predicted molar refractivity (Wildman–Crippen MR) is 176 cm³/mol. The monoisotopic (exact) mass is 594 g/mol. The van der Waals surface area contributed by atoms with E-state index in [4.69, 9.17) is 4.42 Å². The number of nitrogens with zero attached hydrogens (tertiary/aromatic N) is 2. The van der Waals surface area contributed by atoms with Crippen LogP contribution in [0.2, 0.25) is 0 Å². The molecule has 44 heavy (non-hydrogen) atoms. The van der Waals surface area contributed by atoms with Gasteiger partial charge in [-0.15, -0.1) is 0 Å². The molecular weight excluding hydrogens is 548 g/mol. The molecule has 0 bridgehead atoms. The van der Waals surface area contributed by atoms with Gasteiger partial charge in [0.05, 0.1) is 12.8 Å². The summed E-state index contributed by atoms with van der Waals surface area (Å²) in [5.41, 5.74) is 6.64. The highest BCUT2D eigenvalue weighted by molar-refractivity contribution is 6.01. The quantitative estimate of drug-likeness (QED) is 0.225. The van der Waals surface area contributed by atoms with E-state index in [1.165, 1.54) is 16.6 Å². The third kappa shape index (κ3) is 5.25.